The third-order valence-corrected chi connectivity index (χ3v) is 3.94. The molecule has 1 aromatic carbocycles. The highest BCUT2D eigenvalue weighted by molar-refractivity contribution is 7.89. The zero-order valence-electron chi connectivity index (χ0n) is 10.8. The van der Waals surface area contributed by atoms with Crippen molar-refractivity contribution in [1.82, 2.24) is 10.0 Å². The Hall–Kier alpha value is -1.65. The van der Waals surface area contributed by atoms with Gasteiger partial charge in [0.25, 0.3) is 5.91 Å². The van der Waals surface area contributed by atoms with Gasteiger partial charge in [0.15, 0.2) is 6.10 Å². The van der Waals surface area contributed by atoms with Crippen LogP contribution >= 0.6 is 0 Å². The normalized spacial score (nSPS) is 13.8. The number of rotatable bonds is 5. The summed E-state index contributed by atoms with van der Waals surface area (Å²) in [7, 11) is -2.81. The van der Waals surface area contributed by atoms with E-state index in [1.165, 1.54) is 19.2 Å². The molecule has 0 aliphatic carbocycles. The first-order chi connectivity index (χ1) is 9.58. The van der Waals surface area contributed by atoms with Gasteiger partial charge in [-0.05, 0) is 24.3 Å². The zero-order valence-corrected chi connectivity index (χ0v) is 11.6. The Kier molecular flexibility index (Phi) is 5.31. The fourth-order valence-electron chi connectivity index (χ4n) is 1.32. The van der Waals surface area contributed by atoms with Crippen LogP contribution in [0.25, 0.3) is 0 Å². The topological polar surface area (TPSA) is 95.5 Å². The lowest BCUT2D eigenvalue weighted by Crippen LogP contribution is -2.40. The van der Waals surface area contributed by atoms with E-state index in [2.05, 4.69) is 5.32 Å². The Bertz CT molecular complexity index is 599. The molecule has 0 aliphatic heterocycles. The molecule has 0 saturated carbocycles. The molecule has 1 atom stereocenters. The maximum absolute atomic E-state index is 12.1. The lowest BCUT2D eigenvalue weighted by molar-refractivity contribution is -0.200. The van der Waals surface area contributed by atoms with E-state index in [-0.39, 0.29) is 10.5 Å². The van der Waals surface area contributed by atoms with Gasteiger partial charge in [-0.25, -0.2) is 13.1 Å². The summed E-state index contributed by atoms with van der Waals surface area (Å²) < 4.78 is 61.3. The molecule has 118 valence electrons. The van der Waals surface area contributed by atoms with Crippen molar-refractivity contribution in [3.8, 4) is 0 Å². The van der Waals surface area contributed by atoms with E-state index in [1.807, 2.05) is 0 Å². The number of carbonyl (C=O) groups excluding carboxylic acids is 1. The van der Waals surface area contributed by atoms with E-state index in [0.29, 0.717) is 0 Å². The standard InChI is InChI=1S/C11H13F3N2O4S/c1-15-10(18)7-2-4-8(5-3-7)21(19,20)16-6-9(17)11(12,13)14/h2-5,9,16-17H,6H2,1H3,(H,15,18). The molecule has 10 heteroatoms. The first kappa shape index (κ1) is 17.4. The van der Waals surface area contributed by atoms with Crippen LogP contribution in [0, 0.1) is 0 Å². The Balaban J connectivity index is 2.82. The number of aliphatic hydroxyl groups is 1. The van der Waals surface area contributed by atoms with E-state index >= 15 is 0 Å². The van der Waals surface area contributed by atoms with Gasteiger partial charge in [0, 0.05) is 19.2 Å². The highest BCUT2D eigenvalue weighted by Gasteiger charge is 2.38. The van der Waals surface area contributed by atoms with Gasteiger partial charge in [-0.15, -0.1) is 0 Å². The minimum Gasteiger partial charge on any atom is -0.382 e. The minimum atomic E-state index is -4.91. The molecule has 1 aromatic rings. The van der Waals surface area contributed by atoms with E-state index in [0.717, 1.165) is 12.1 Å². The third kappa shape index (κ3) is 4.69. The van der Waals surface area contributed by atoms with Crippen molar-refractivity contribution in [3.63, 3.8) is 0 Å². The lowest BCUT2D eigenvalue weighted by atomic mass is 10.2. The summed E-state index contributed by atoms with van der Waals surface area (Å²) in [5.41, 5.74) is 0.201. The molecule has 0 bridgehead atoms. The average molecular weight is 326 g/mol. The fourth-order valence-corrected chi connectivity index (χ4v) is 2.36. The van der Waals surface area contributed by atoms with Gasteiger partial charge in [-0.3, -0.25) is 4.79 Å². The number of amides is 1. The van der Waals surface area contributed by atoms with E-state index in [9.17, 15) is 26.4 Å². The molecular formula is C11H13F3N2O4S. The van der Waals surface area contributed by atoms with Gasteiger partial charge in [0.05, 0.1) is 4.90 Å². The van der Waals surface area contributed by atoms with Crippen LogP contribution in [0.1, 0.15) is 10.4 Å². The van der Waals surface area contributed by atoms with Gasteiger partial charge < -0.3 is 10.4 Å². The number of hydrogen-bond acceptors (Lipinski definition) is 4. The number of carbonyl (C=O) groups is 1. The summed E-state index contributed by atoms with van der Waals surface area (Å²) in [6.07, 6.45) is -7.71. The maximum atomic E-state index is 12.1. The number of halogens is 3. The molecule has 0 heterocycles. The number of alkyl halides is 3. The third-order valence-electron chi connectivity index (χ3n) is 2.50. The molecule has 3 N–H and O–H groups in total. The summed E-state index contributed by atoms with van der Waals surface area (Å²) in [6.45, 7) is -1.19. The molecule has 0 fully saturated rings. The lowest BCUT2D eigenvalue weighted by Gasteiger charge is -2.15. The highest BCUT2D eigenvalue weighted by atomic mass is 32.2. The second-order valence-corrected chi connectivity index (χ2v) is 5.78. The number of nitrogens with one attached hydrogen (secondary N) is 2. The number of sulfonamides is 1. The fraction of sp³-hybridized carbons (Fsp3) is 0.364. The van der Waals surface area contributed by atoms with Gasteiger partial charge in [-0.2, -0.15) is 13.2 Å². The van der Waals surface area contributed by atoms with Crippen molar-refractivity contribution in [1.29, 1.82) is 0 Å². The second-order valence-electron chi connectivity index (χ2n) is 4.01. The molecule has 1 unspecified atom stereocenters. The molecular weight excluding hydrogens is 313 g/mol. The molecule has 6 nitrogen and oxygen atoms in total. The number of aliphatic hydroxyl groups excluding tert-OH is 1. The van der Waals surface area contributed by atoms with Crippen molar-refractivity contribution in [2.45, 2.75) is 17.2 Å². The Morgan fingerprint density at radius 3 is 2.24 bits per heavy atom. The van der Waals surface area contributed by atoms with Crippen molar-refractivity contribution in [2.75, 3.05) is 13.6 Å². The first-order valence-electron chi connectivity index (χ1n) is 5.64. The summed E-state index contributed by atoms with van der Waals surface area (Å²) in [5, 5.41) is 11.1. The van der Waals surface area contributed by atoms with Gasteiger partial charge in [-0.1, -0.05) is 0 Å². The molecule has 0 aromatic heterocycles. The quantitative estimate of drug-likeness (QED) is 0.723. The Labute approximate surface area is 119 Å². The van der Waals surface area contributed by atoms with Crippen LogP contribution in [0.3, 0.4) is 0 Å². The maximum Gasteiger partial charge on any atom is 0.415 e. The monoisotopic (exact) mass is 326 g/mol. The zero-order chi connectivity index (χ0) is 16.3. The van der Waals surface area contributed by atoms with E-state index in [4.69, 9.17) is 5.11 Å². The van der Waals surface area contributed by atoms with Crippen molar-refractivity contribution in [3.05, 3.63) is 29.8 Å². The van der Waals surface area contributed by atoms with Crippen LogP contribution in [0.15, 0.2) is 29.2 Å². The number of hydrogen-bond donors (Lipinski definition) is 3. The van der Waals surface area contributed by atoms with Crippen molar-refractivity contribution >= 4 is 15.9 Å². The Morgan fingerprint density at radius 2 is 1.81 bits per heavy atom. The SMILES string of the molecule is CNC(=O)c1ccc(S(=O)(=O)NCC(O)C(F)(F)F)cc1. The van der Waals surface area contributed by atoms with Crippen LogP contribution in [0.5, 0.6) is 0 Å². The molecule has 1 amide bonds. The molecule has 21 heavy (non-hydrogen) atoms. The highest BCUT2D eigenvalue weighted by Crippen LogP contribution is 2.20. The molecule has 0 saturated heterocycles. The van der Waals surface area contributed by atoms with E-state index in [1.54, 1.807) is 4.72 Å². The Morgan fingerprint density at radius 1 is 1.29 bits per heavy atom. The second kappa shape index (κ2) is 6.41. The van der Waals surface area contributed by atoms with Gasteiger partial charge >= 0.3 is 6.18 Å². The molecule has 0 radical (unpaired) electrons. The van der Waals surface area contributed by atoms with Crippen LogP contribution in [-0.4, -0.2) is 45.3 Å². The van der Waals surface area contributed by atoms with Crippen molar-refractivity contribution in [2.24, 2.45) is 0 Å². The minimum absolute atomic E-state index is 0.201. The van der Waals surface area contributed by atoms with Crippen LogP contribution in [-0.2, 0) is 10.0 Å². The smallest absolute Gasteiger partial charge is 0.382 e. The predicted molar refractivity (Wildman–Crippen MR) is 67.1 cm³/mol. The molecule has 1 rings (SSSR count). The van der Waals surface area contributed by atoms with Crippen LogP contribution in [0.4, 0.5) is 13.2 Å². The predicted octanol–water partition coefficient (Wildman–Crippen LogP) is 0.248. The summed E-state index contributed by atoms with van der Waals surface area (Å²) in [4.78, 5) is 11.0. The van der Waals surface area contributed by atoms with Gasteiger partial charge in [0.1, 0.15) is 0 Å². The molecule has 0 spiro atoms. The number of benzene rings is 1. The summed E-state index contributed by atoms with van der Waals surface area (Å²) in [5.74, 6) is -0.431. The van der Waals surface area contributed by atoms with Gasteiger partial charge in [0.2, 0.25) is 10.0 Å². The summed E-state index contributed by atoms with van der Waals surface area (Å²) >= 11 is 0. The van der Waals surface area contributed by atoms with E-state index < -0.39 is 34.8 Å². The van der Waals surface area contributed by atoms with Crippen LogP contribution in [0.2, 0.25) is 0 Å². The van der Waals surface area contributed by atoms with Crippen molar-refractivity contribution < 1.29 is 31.5 Å². The van der Waals surface area contributed by atoms with Crippen LogP contribution < -0.4 is 10.0 Å². The molecule has 0 aliphatic rings. The summed E-state index contributed by atoms with van der Waals surface area (Å²) in [6, 6.07) is 4.58. The first-order valence-corrected chi connectivity index (χ1v) is 7.13. The largest absolute Gasteiger partial charge is 0.415 e. The average Bonchev–Trinajstić information content (AvgIpc) is 2.43.